The van der Waals surface area contributed by atoms with Crippen LogP contribution in [-0.4, -0.2) is 54.2 Å². The standard InChI is InChI=1S/C12H18N2O4S2/c13-12(19)11-3-1-10(2-4-11)9-20(17,18)14(5-7-15)6-8-16/h1-4,15-16H,5-9H2,(H2,13,19). The van der Waals surface area contributed by atoms with Crippen molar-refractivity contribution in [2.75, 3.05) is 26.3 Å². The van der Waals surface area contributed by atoms with Crippen molar-refractivity contribution in [3.63, 3.8) is 0 Å². The molecule has 0 radical (unpaired) electrons. The van der Waals surface area contributed by atoms with Gasteiger partial charge in [0.25, 0.3) is 0 Å². The Kier molecular flexibility index (Phi) is 6.50. The molecular weight excluding hydrogens is 300 g/mol. The van der Waals surface area contributed by atoms with E-state index in [0.29, 0.717) is 11.1 Å². The second-order valence-corrected chi connectivity index (χ2v) is 6.57. The van der Waals surface area contributed by atoms with Gasteiger partial charge in [0.15, 0.2) is 0 Å². The number of hydrogen-bond acceptors (Lipinski definition) is 5. The first-order chi connectivity index (χ1) is 9.40. The first-order valence-corrected chi connectivity index (χ1v) is 8.00. The molecule has 6 nitrogen and oxygen atoms in total. The van der Waals surface area contributed by atoms with E-state index in [1.165, 1.54) is 0 Å². The minimum Gasteiger partial charge on any atom is -0.395 e. The SMILES string of the molecule is NC(=S)c1ccc(CS(=O)(=O)N(CCO)CCO)cc1. The van der Waals surface area contributed by atoms with Crippen molar-refractivity contribution in [1.82, 2.24) is 4.31 Å². The summed E-state index contributed by atoms with van der Waals surface area (Å²) in [6.07, 6.45) is 0. The lowest BCUT2D eigenvalue weighted by Gasteiger charge is -2.20. The molecule has 112 valence electrons. The molecule has 1 aromatic carbocycles. The van der Waals surface area contributed by atoms with Gasteiger partial charge < -0.3 is 15.9 Å². The zero-order valence-electron chi connectivity index (χ0n) is 10.9. The lowest BCUT2D eigenvalue weighted by molar-refractivity contribution is 0.217. The Hall–Kier alpha value is -1.06. The molecule has 0 spiro atoms. The van der Waals surface area contributed by atoms with E-state index in [2.05, 4.69) is 0 Å². The summed E-state index contributed by atoms with van der Waals surface area (Å²) in [6, 6.07) is 6.61. The molecule has 0 amide bonds. The Balaban J connectivity index is 2.86. The monoisotopic (exact) mass is 318 g/mol. The minimum atomic E-state index is -3.58. The van der Waals surface area contributed by atoms with Gasteiger partial charge in [-0.15, -0.1) is 0 Å². The van der Waals surface area contributed by atoms with Crippen molar-refractivity contribution < 1.29 is 18.6 Å². The fourth-order valence-corrected chi connectivity index (χ4v) is 3.33. The maximum absolute atomic E-state index is 12.2. The second-order valence-electron chi connectivity index (χ2n) is 4.16. The van der Waals surface area contributed by atoms with E-state index < -0.39 is 10.0 Å². The van der Waals surface area contributed by atoms with Crippen molar-refractivity contribution in [2.45, 2.75) is 5.75 Å². The molecule has 0 saturated heterocycles. The molecule has 0 unspecified atom stereocenters. The van der Waals surface area contributed by atoms with Crippen LogP contribution in [0.2, 0.25) is 0 Å². The fraction of sp³-hybridized carbons (Fsp3) is 0.417. The average Bonchev–Trinajstić information content (AvgIpc) is 2.38. The second kappa shape index (κ2) is 7.65. The Bertz CT molecular complexity index is 537. The van der Waals surface area contributed by atoms with E-state index in [1.54, 1.807) is 24.3 Å². The predicted molar refractivity (Wildman–Crippen MR) is 80.7 cm³/mol. The van der Waals surface area contributed by atoms with Gasteiger partial charge in [0.05, 0.1) is 19.0 Å². The van der Waals surface area contributed by atoms with Crippen molar-refractivity contribution in [2.24, 2.45) is 5.73 Å². The van der Waals surface area contributed by atoms with Gasteiger partial charge in [0.1, 0.15) is 4.99 Å². The Morgan fingerprint density at radius 2 is 1.65 bits per heavy atom. The highest BCUT2D eigenvalue weighted by Gasteiger charge is 2.21. The lowest BCUT2D eigenvalue weighted by atomic mass is 10.1. The van der Waals surface area contributed by atoms with Crippen molar-refractivity contribution >= 4 is 27.2 Å². The van der Waals surface area contributed by atoms with E-state index in [-0.39, 0.29) is 37.0 Å². The first-order valence-electron chi connectivity index (χ1n) is 5.99. The quantitative estimate of drug-likeness (QED) is 0.555. The van der Waals surface area contributed by atoms with Crippen LogP contribution in [0.3, 0.4) is 0 Å². The van der Waals surface area contributed by atoms with Gasteiger partial charge in [-0.3, -0.25) is 0 Å². The Morgan fingerprint density at radius 1 is 1.15 bits per heavy atom. The molecular formula is C12H18N2O4S2. The molecule has 0 atom stereocenters. The molecule has 8 heteroatoms. The molecule has 1 aromatic rings. The third kappa shape index (κ3) is 4.80. The van der Waals surface area contributed by atoms with Crippen LogP contribution in [0.15, 0.2) is 24.3 Å². The van der Waals surface area contributed by atoms with Crippen molar-refractivity contribution in [1.29, 1.82) is 0 Å². The maximum atomic E-state index is 12.2. The Morgan fingerprint density at radius 3 is 2.05 bits per heavy atom. The number of thiocarbonyl (C=S) groups is 1. The molecule has 0 aliphatic heterocycles. The third-order valence-corrected chi connectivity index (χ3v) is 4.77. The number of nitrogens with zero attached hydrogens (tertiary/aromatic N) is 1. The number of aliphatic hydroxyl groups excluding tert-OH is 2. The van der Waals surface area contributed by atoms with Gasteiger partial charge in [0.2, 0.25) is 10.0 Å². The van der Waals surface area contributed by atoms with Gasteiger partial charge in [0, 0.05) is 18.7 Å². The van der Waals surface area contributed by atoms with Crippen LogP contribution < -0.4 is 5.73 Å². The zero-order valence-corrected chi connectivity index (χ0v) is 12.5. The highest BCUT2D eigenvalue weighted by atomic mass is 32.2. The molecule has 1 rings (SSSR count). The smallest absolute Gasteiger partial charge is 0.218 e. The third-order valence-electron chi connectivity index (χ3n) is 2.68. The number of sulfonamides is 1. The van der Waals surface area contributed by atoms with Gasteiger partial charge in [-0.2, -0.15) is 4.31 Å². The van der Waals surface area contributed by atoms with Crippen molar-refractivity contribution in [3.05, 3.63) is 35.4 Å². The number of rotatable bonds is 8. The summed E-state index contributed by atoms with van der Waals surface area (Å²) in [6.45, 7) is -0.652. The molecule has 0 fully saturated rings. The van der Waals surface area contributed by atoms with Crippen LogP contribution in [0.4, 0.5) is 0 Å². The minimum absolute atomic E-state index is 0.0339. The van der Waals surface area contributed by atoms with E-state index in [1.807, 2.05) is 0 Å². The summed E-state index contributed by atoms with van der Waals surface area (Å²) in [7, 11) is -3.58. The normalized spacial score (nSPS) is 11.8. The fourth-order valence-electron chi connectivity index (χ4n) is 1.68. The number of nitrogens with two attached hydrogens (primary N) is 1. The summed E-state index contributed by atoms with van der Waals surface area (Å²) in [5.74, 6) is -0.204. The van der Waals surface area contributed by atoms with Crippen LogP contribution in [0.5, 0.6) is 0 Å². The van der Waals surface area contributed by atoms with Gasteiger partial charge in [-0.25, -0.2) is 8.42 Å². The highest BCUT2D eigenvalue weighted by molar-refractivity contribution is 7.88. The van der Waals surface area contributed by atoms with E-state index in [4.69, 9.17) is 28.2 Å². The molecule has 0 aromatic heterocycles. The van der Waals surface area contributed by atoms with Crippen LogP contribution in [0, 0.1) is 0 Å². The summed E-state index contributed by atoms with van der Waals surface area (Å²) in [5, 5.41) is 17.7. The average molecular weight is 318 g/mol. The molecule has 0 bridgehead atoms. The Labute approximate surface area is 123 Å². The van der Waals surface area contributed by atoms with Gasteiger partial charge in [-0.1, -0.05) is 36.5 Å². The molecule has 0 aliphatic carbocycles. The van der Waals surface area contributed by atoms with E-state index in [9.17, 15) is 8.42 Å². The largest absolute Gasteiger partial charge is 0.395 e. The lowest BCUT2D eigenvalue weighted by Crippen LogP contribution is -2.36. The number of aliphatic hydroxyl groups is 2. The topological polar surface area (TPSA) is 104 Å². The van der Waals surface area contributed by atoms with Crippen LogP contribution in [0.25, 0.3) is 0 Å². The number of benzene rings is 1. The first kappa shape index (κ1) is 17.0. The maximum Gasteiger partial charge on any atom is 0.218 e. The molecule has 0 saturated carbocycles. The predicted octanol–water partition coefficient (Wildman–Crippen LogP) is -0.563. The summed E-state index contributed by atoms with van der Waals surface area (Å²) < 4.78 is 25.4. The number of hydrogen-bond donors (Lipinski definition) is 3. The van der Waals surface area contributed by atoms with Crippen molar-refractivity contribution in [3.8, 4) is 0 Å². The molecule has 20 heavy (non-hydrogen) atoms. The van der Waals surface area contributed by atoms with E-state index >= 15 is 0 Å². The summed E-state index contributed by atoms with van der Waals surface area (Å²) in [5.41, 5.74) is 6.73. The summed E-state index contributed by atoms with van der Waals surface area (Å²) in [4.78, 5) is 0.251. The van der Waals surface area contributed by atoms with E-state index in [0.717, 1.165) is 4.31 Å². The highest BCUT2D eigenvalue weighted by Crippen LogP contribution is 2.12. The van der Waals surface area contributed by atoms with Crippen LogP contribution >= 0.6 is 12.2 Å². The van der Waals surface area contributed by atoms with Crippen LogP contribution in [0.1, 0.15) is 11.1 Å². The van der Waals surface area contributed by atoms with Gasteiger partial charge in [-0.05, 0) is 5.56 Å². The molecule has 4 N–H and O–H groups in total. The van der Waals surface area contributed by atoms with Gasteiger partial charge >= 0.3 is 0 Å². The zero-order chi connectivity index (χ0) is 15.2. The van der Waals surface area contributed by atoms with Crippen LogP contribution in [-0.2, 0) is 15.8 Å². The summed E-state index contributed by atoms with van der Waals surface area (Å²) >= 11 is 4.82. The molecule has 0 aliphatic rings. The molecule has 0 heterocycles.